The second kappa shape index (κ2) is 8.82. The lowest BCUT2D eigenvalue weighted by molar-refractivity contribution is -0.125. The third kappa shape index (κ3) is 4.30. The van der Waals surface area contributed by atoms with E-state index in [-0.39, 0.29) is 17.4 Å². The number of amides is 1. The van der Waals surface area contributed by atoms with Crippen LogP contribution in [0, 0.1) is 12.8 Å². The van der Waals surface area contributed by atoms with Gasteiger partial charge in [-0.15, -0.1) is 0 Å². The van der Waals surface area contributed by atoms with Crippen molar-refractivity contribution in [3.63, 3.8) is 0 Å². The molecule has 1 amide bonds. The molecule has 2 aromatic heterocycles. The minimum absolute atomic E-state index is 0.0429. The van der Waals surface area contributed by atoms with Crippen molar-refractivity contribution in [3.8, 4) is 0 Å². The van der Waals surface area contributed by atoms with E-state index in [1.807, 2.05) is 39.0 Å². The molecule has 0 spiro atoms. The molecule has 0 unspecified atom stereocenters. The number of nitrogens with zero attached hydrogens (tertiary/aromatic N) is 4. The first-order chi connectivity index (χ1) is 13.5. The molecule has 7 nitrogen and oxygen atoms in total. The molecule has 1 aromatic carbocycles. The monoisotopic (exact) mass is 381 g/mol. The van der Waals surface area contributed by atoms with Crippen LogP contribution in [0.4, 0.5) is 0 Å². The van der Waals surface area contributed by atoms with Crippen LogP contribution in [0.3, 0.4) is 0 Å². The number of rotatable bonds is 8. The molecule has 7 heteroatoms. The topological polar surface area (TPSA) is 81.8 Å². The van der Waals surface area contributed by atoms with E-state index >= 15 is 0 Å². The van der Waals surface area contributed by atoms with E-state index in [1.54, 1.807) is 21.8 Å². The molecule has 28 heavy (non-hydrogen) atoms. The van der Waals surface area contributed by atoms with Crippen molar-refractivity contribution in [2.24, 2.45) is 5.92 Å². The quantitative estimate of drug-likeness (QED) is 0.650. The fraction of sp³-hybridized carbons (Fsp3) is 0.429. The number of carbonyl (C=O) groups is 1. The molecule has 0 fully saturated rings. The standard InChI is InChI=1S/C21H27N5O2/c1-4-17(5-2)20(27)22-9-10-26-19-18(12-24-26)21(28)25(14-23-19)13-16-8-6-7-15(3)11-16/h6-8,11-12,14,17H,4-5,9-10,13H2,1-3H3,(H,22,27). The minimum Gasteiger partial charge on any atom is -0.354 e. The van der Waals surface area contributed by atoms with Crippen molar-refractivity contribution in [1.82, 2.24) is 24.6 Å². The van der Waals surface area contributed by atoms with Crippen molar-refractivity contribution in [2.75, 3.05) is 6.54 Å². The molecule has 148 valence electrons. The Morgan fingerprint density at radius 1 is 1.25 bits per heavy atom. The second-order valence-corrected chi connectivity index (χ2v) is 7.08. The van der Waals surface area contributed by atoms with Gasteiger partial charge in [-0.05, 0) is 25.3 Å². The number of nitrogens with one attached hydrogen (secondary N) is 1. The van der Waals surface area contributed by atoms with Crippen LogP contribution in [-0.4, -0.2) is 31.8 Å². The summed E-state index contributed by atoms with van der Waals surface area (Å²) in [6, 6.07) is 8.06. The predicted molar refractivity (Wildman–Crippen MR) is 109 cm³/mol. The number of benzene rings is 1. The number of fused-ring (bicyclic) bond motifs is 1. The zero-order valence-electron chi connectivity index (χ0n) is 16.7. The lowest BCUT2D eigenvalue weighted by Gasteiger charge is -2.12. The van der Waals surface area contributed by atoms with Crippen LogP contribution in [-0.2, 0) is 17.9 Å². The van der Waals surface area contributed by atoms with E-state index in [0.717, 1.165) is 24.0 Å². The fourth-order valence-electron chi connectivity index (χ4n) is 3.37. The van der Waals surface area contributed by atoms with Crippen LogP contribution in [0.1, 0.15) is 37.8 Å². The Hall–Kier alpha value is -2.96. The van der Waals surface area contributed by atoms with Crippen LogP contribution in [0.2, 0.25) is 0 Å². The molecule has 3 aromatic rings. The zero-order valence-corrected chi connectivity index (χ0v) is 16.7. The van der Waals surface area contributed by atoms with Gasteiger partial charge in [0, 0.05) is 12.5 Å². The maximum atomic E-state index is 12.8. The Morgan fingerprint density at radius 3 is 2.75 bits per heavy atom. The highest BCUT2D eigenvalue weighted by atomic mass is 16.2. The summed E-state index contributed by atoms with van der Waals surface area (Å²) in [5, 5.41) is 7.72. The number of aromatic nitrogens is 4. The highest BCUT2D eigenvalue weighted by molar-refractivity contribution is 5.78. The first-order valence-electron chi connectivity index (χ1n) is 9.77. The van der Waals surface area contributed by atoms with Crippen molar-refractivity contribution in [1.29, 1.82) is 0 Å². The van der Waals surface area contributed by atoms with Crippen LogP contribution < -0.4 is 10.9 Å². The van der Waals surface area contributed by atoms with Gasteiger partial charge in [0.2, 0.25) is 5.91 Å². The molecule has 3 rings (SSSR count). The van der Waals surface area contributed by atoms with E-state index in [0.29, 0.717) is 30.7 Å². The van der Waals surface area contributed by atoms with E-state index in [1.165, 1.54) is 0 Å². The largest absolute Gasteiger partial charge is 0.354 e. The summed E-state index contributed by atoms with van der Waals surface area (Å²) in [6.45, 7) is 7.46. The lowest BCUT2D eigenvalue weighted by atomic mass is 10.0. The highest BCUT2D eigenvalue weighted by Crippen LogP contribution is 2.09. The van der Waals surface area contributed by atoms with Gasteiger partial charge in [0.15, 0.2) is 5.65 Å². The first kappa shape index (κ1) is 19.8. The summed E-state index contributed by atoms with van der Waals surface area (Å²) in [5.74, 6) is 0.108. The summed E-state index contributed by atoms with van der Waals surface area (Å²) < 4.78 is 3.26. The fourth-order valence-corrected chi connectivity index (χ4v) is 3.37. The smallest absolute Gasteiger partial charge is 0.264 e. The van der Waals surface area contributed by atoms with Crippen LogP contribution in [0.25, 0.3) is 11.0 Å². The third-order valence-electron chi connectivity index (χ3n) is 5.04. The van der Waals surface area contributed by atoms with Crippen molar-refractivity contribution < 1.29 is 4.79 Å². The average molecular weight is 381 g/mol. The summed E-state index contributed by atoms with van der Waals surface area (Å²) in [7, 11) is 0. The van der Waals surface area contributed by atoms with E-state index in [2.05, 4.69) is 21.5 Å². The first-order valence-corrected chi connectivity index (χ1v) is 9.77. The molecule has 0 atom stereocenters. The van der Waals surface area contributed by atoms with E-state index < -0.39 is 0 Å². The molecule has 0 aliphatic heterocycles. The van der Waals surface area contributed by atoms with E-state index in [9.17, 15) is 9.59 Å². The highest BCUT2D eigenvalue weighted by Gasteiger charge is 2.14. The van der Waals surface area contributed by atoms with E-state index in [4.69, 9.17) is 0 Å². The molecule has 1 N–H and O–H groups in total. The Kier molecular flexibility index (Phi) is 6.23. The maximum absolute atomic E-state index is 12.8. The van der Waals surface area contributed by atoms with Gasteiger partial charge in [-0.3, -0.25) is 14.2 Å². The summed E-state index contributed by atoms with van der Waals surface area (Å²) >= 11 is 0. The van der Waals surface area contributed by atoms with Crippen molar-refractivity contribution in [3.05, 3.63) is 58.3 Å². The normalized spacial score (nSPS) is 11.3. The molecule has 0 radical (unpaired) electrons. The van der Waals surface area contributed by atoms with Gasteiger partial charge in [0.1, 0.15) is 11.7 Å². The van der Waals surface area contributed by atoms with Gasteiger partial charge in [0.05, 0.1) is 19.3 Å². The number of hydrogen-bond acceptors (Lipinski definition) is 4. The molecule has 0 aliphatic rings. The number of aryl methyl sites for hydroxylation is 1. The lowest BCUT2D eigenvalue weighted by Crippen LogP contribution is -2.32. The Balaban J connectivity index is 1.72. The Morgan fingerprint density at radius 2 is 2.04 bits per heavy atom. The SMILES string of the molecule is CCC(CC)C(=O)NCCn1ncc2c(=O)n(Cc3cccc(C)c3)cnc21. The average Bonchev–Trinajstić information content (AvgIpc) is 3.09. The molecule has 0 saturated heterocycles. The molecule has 0 bridgehead atoms. The van der Waals surface area contributed by atoms with Crippen molar-refractivity contribution >= 4 is 16.9 Å². The molecule has 0 saturated carbocycles. The summed E-state index contributed by atoms with van der Waals surface area (Å²) in [6.07, 6.45) is 4.78. The van der Waals surface area contributed by atoms with Crippen LogP contribution in [0.15, 0.2) is 41.6 Å². The minimum atomic E-state index is -0.112. The second-order valence-electron chi connectivity index (χ2n) is 7.08. The maximum Gasteiger partial charge on any atom is 0.264 e. The van der Waals surface area contributed by atoms with Gasteiger partial charge in [-0.25, -0.2) is 9.67 Å². The van der Waals surface area contributed by atoms with Gasteiger partial charge in [0.25, 0.3) is 5.56 Å². The molecular weight excluding hydrogens is 354 g/mol. The molecule has 0 aliphatic carbocycles. The van der Waals surface area contributed by atoms with Crippen molar-refractivity contribution in [2.45, 2.75) is 46.7 Å². The molecular formula is C21H27N5O2. The molecule has 2 heterocycles. The summed E-state index contributed by atoms with van der Waals surface area (Å²) in [5.41, 5.74) is 2.64. The van der Waals surface area contributed by atoms with Crippen LogP contribution in [0.5, 0.6) is 0 Å². The van der Waals surface area contributed by atoms with Gasteiger partial charge < -0.3 is 5.32 Å². The van der Waals surface area contributed by atoms with Crippen LogP contribution >= 0.6 is 0 Å². The summed E-state index contributed by atoms with van der Waals surface area (Å²) in [4.78, 5) is 29.3. The van der Waals surface area contributed by atoms with Gasteiger partial charge in [-0.2, -0.15) is 5.10 Å². The zero-order chi connectivity index (χ0) is 20.1. The Labute approximate surface area is 164 Å². The van der Waals surface area contributed by atoms with Gasteiger partial charge in [-0.1, -0.05) is 43.7 Å². The Bertz CT molecular complexity index is 1020. The third-order valence-corrected chi connectivity index (χ3v) is 5.04. The number of carbonyl (C=O) groups excluding carboxylic acids is 1. The van der Waals surface area contributed by atoms with Gasteiger partial charge >= 0.3 is 0 Å². The predicted octanol–water partition coefficient (Wildman–Crippen LogP) is 2.50. The number of hydrogen-bond donors (Lipinski definition) is 1.